The number of hydrogen-bond donors (Lipinski definition) is 2. The molecule has 134 valence electrons. The van der Waals surface area contributed by atoms with Crippen LogP contribution in [0.4, 0.5) is 0 Å². The number of carbonyl (C=O) groups excluding carboxylic acids is 1. The molecule has 2 N–H and O–H groups in total. The molecule has 4 nitrogen and oxygen atoms in total. The van der Waals surface area contributed by atoms with Crippen LogP contribution < -0.4 is 0 Å². The number of methoxy groups -OCH3 is 1. The number of hydrogen-bond acceptors (Lipinski definition) is 3. The van der Waals surface area contributed by atoms with Crippen molar-refractivity contribution in [1.29, 1.82) is 0 Å². The number of halogens is 1. The third-order valence-corrected chi connectivity index (χ3v) is 5.24. The Hall–Kier alpha value is -3.05. The number of nitrogens with one attached hydrogen (secondary N) is 1. The van der Waals surface area contributed by atoms with Gasteiger partial charge in [0.1, 0.15) is 5.75 Å². The van der Waals surface area contributed by atoms with Crippen LogP contribution in [-0.2, 0) is 4.74 Å². The van der Waals surface area contributed by atoms with E-state index in [-0.39, 0.29) is 11.7 Å². The van der Waals surface area contributed by atoms with Gasteiger partial charge in [-0.25, -0.2) is 4.79 Å². The molecule has 0 aliphatic rings. The summed E-state index contributed by atoms with van der Waals surface area (Å²) in [5.41, 5.74) is 5.06. The third kappa shape index (κ3) is 3.11. The third-order valence-electron chi connectivity index (χ3n) is 4.59. The molecule has 0 bridgehead atoms. The Balaban J connectivity index is 1.79. The summed E-state index contributed by atoms with van der Waals surface area (Å²) in [4.78, 5) is 15.1. The number of para-hydroxylation sites is 1. The molecule has 0 radical (unpaired) electrons. The Bertz CT molecular complexity index is 1150. The second-order valence-corrected chi connectivity index (χ2v) is 7.02. The molecular formula is C22H16BrNO3. The maximum Gasteiger partial charge on any atom is 0.340 e. The highest BCUT2D eigenvalue weighted by Gasteiger charge is 2.15. The van der Waals surface area contributed by atoms with Gasteiger partial charge in [-0.15, -0.1) is 0 Å². The molecule has 0 fully saturated rings. The van der Waals surface area contributed by atoms with Crippen LogP contribution in [0.2, 0.25) is 0 Å². The predicted octanol–water partition coefficient (Wildman–Crippen LogP) is 5.76. The van der Waals surface area contributed by atoms with Gasteiger partial charge in [0, 0.05) is 27.1 Å². The van der Waals surface area contributed by atoms with E-state index in [1.54, 1.807) is 18.3 Å². The van der Waals surface area contributed by atoms with Crippen LogP contribution in [0.15, 0.2) is 71.3 Å². The fraction of sp³-hybridized carbons (Fsp3) is 0.0455. The summed E-state index contributed by atoms with van der Waals surface area (Å²) in [6.45, 7) is 0. The SMILES string of the molecule is COC(=O)c1c[nH]c2cc(Br)c(-c3ccc(-c4ccccc4O)cc3)cc12. The van der Waals surface area contributed by atoms with Crippen LogP contribution >= 0.6 is 15.9 Å². The molecular weight excluding hydrogens is 406 g/mol. The largest absolute Gasteiger partial charge is 0.507 e. The van der Waals surface area contributed by atoms with Crippen molar-refractivity contribution in [2.75, 3.05) is 7.11 Å². The van der Waals surface area contributed by atoms with E-state index in [1.807, 2.05) is 48.5 Å². The lowest BCUT2D eigenvalue weighted by molar-refractivity contribution is 0.0603. The number of phenolic OH excluding ortho intramolecular Hbond substituents is 1. The highest BCUT2D eigenvalue weighted by Crippen LogP contribution is 2.36. The second kappa shape index (κ2) is 6.93. The fourth-order valence-corrected chi connectivity index (χ4v) is 3.76. The number of ether oxygens (including phenoxy) is 1. The molecule has 0 aliphatic carbocycles. The minimum absolute atomic E-state index is 0.253. The van der Waals surface area contributed by atoms with E-state index in [0.717, 1.165) is 37.6 Å². The molecule has 0 amide bonds. The number of aromatic hydroxyl groups is 1. The molecule has 0 atom stereocenters. The lowest BCUT2D eigenvalue weighted by Crippen LogP contribution is -1.99. The molecule has 0 aliphatic heterocycles. The van der Waals surface area contributed by atoms with Gasteiger partial charge < -0.3 is 14.8 Å². The monoisotopic (exact) mass is 421 g/mol. The number of phenols is 1. The number of esters is 1. The summed E-state index contributed by atoms with van der Waals surface area (Å²) in [6, 6.07) is 19.1. The lowest BCUT2D eigenvalue weighted by atomic mass is 9.98. The number of rotatable bonds is 3. The van der Waals surface area contributed by atoms with Gasteiger partial charge in [0.25, 0.3) is 0 Å². The standard InChI is InChI=1S/C22H16BrNO3/c1-27-22(26)18-12-24-20-11-19(23)16(10-17(18)20)14-8-6-13(7-9-14)15-4-2-3-5-21(15)25/h2-12,24-25H,1H3. The van der Waals surface area contributed by atoms with Gasteiger partial charge in [-0.05, 0) is 34.9 Å². The zero-order valence-electron chi connectivity index (χ0n) is 14.5. The van der Waals surface area contributed by atoms with Gasteiger partial charge in [-0.2, -0.15) is 0 Å². The first-order chi connectivity index (χ1) is 13.1. The van der Waals surface area contributed by atoms with E-state index in [0.29, 0.717) is 5.56 Å². The number of carbonyl (C=O) groups is 1. The summed E-state index contributed by atoms with van der Waals surface area (Å²) in [7, 11) is 1.37. The molecule has 0 saturated carbocycles. The van der Waals surface area contributed by atoms with Crippen molar-refractivity contribution < 1.29 is 14.6 Å². The zero-order valence-corrected chi connectivity index (χ0v) is 16.1. The molecule has 0 unspecified atom stereocenters. The van der Waals surface area contributed by atoms with Crippen LogP contribution in [0.3, 0.4) is 0 Å². The minimum Gasteiger partial charge on any atom is -0.507 e. The topological polar surface area (TPSA) is 62.3 Å². The van der Waals surface area contributed by atoms with Crippen molar-refractivity contribution in [3.63, 3.8) is 0 Å². The van der Waals surface area contributed by atoms with Crippen molar-refractivity contribution >= 4 is 32.8 Å². The van der Waals surface area contributed by atoms with Crippen LogP contribution in [0, 0.1) is 0 Å². The van der Waals surface area contributed by atoms with E-state index in [1.165, 1.54) is 7.11 Å². The average molecular weight is 422 g/mol. The van der Waals surface area contributed by atoms with Gasteiger partial charge in [0.15, 0.2) is 0 Å². The molecule has 1 aromatic heterocycles. The van der Waals surface area contributed by atoms with Gasteiger partial charge >= 0.3 is 5.97 Å². The summed E-state index contributed by atoms with van der Waals surface area (Å²) < 4.78 is 5.78. The normalized spacial score (nSPS) is 10.9. The summed E-state index contributed by atoms with van der Waals surface area (Å²) in [5.74, 6) is -0.118. The first-order valence-corrected chi connectivity index (χ1v) is 9.15. The molecule has 3 aromatic carbocycles. The number of fused-ring (bicyclic) bond motifs is 1. The molecule has 5 heteroatoms. The quantitative estimate of drug-likeness (QED) is 0.413. The summed E-state index contributed by atoms with van der Waals surface area (Å²) in [6.07, 6.45) is 1.66. The van der Waals surface area contributed by atoms with E-state index in [4.69, 9.17) is 4.74 Å². The number of benzene rings is 3. The minimum atomic E-state index is -0.371. The average Bonchev–Trinajstić information content (AvgIpc) is 3.10. The molecule has 4 rings (SSSR count). The first-order valence-electron chi connectivity index (χ1n) is 8.36. The summed E-state index contributed by atoms with van der Waals surface area (Å²) in [5, 5.41) is 10.9. The lowest BCUT2D eigenvalue weighted by Gasteiger charge is -2.09. The van der Waals surface area contributed by atoms with Crippen molar-refractivity contribution in [2.45, 2.75) is 0 Å². The van der Waals surface area contributed by atoms with Gasteiger partial charge in [0.05, 0.1) is 12.7 Å². The van der Waals surface area contributed by atoms with Crippen molar-refractivity contribution in [2.24, 2.45) is 0 Å². The smallest absolute Gasteiger partial charge is 0.340 e. The highest BCUT2D eigenvalue weighted by atomic mass is 79.9. The Morgan fingerprint density at radius 1 is 1.00 bits per heavy atom. The number of H-pyrrole nitrogens is 1. The van der Waals surface area contributed by atoms with E-state index in [9.17, 15) is 9.90 Å². The van der Waals surface area contributed by atoms with Crippen molar-refractivity contribution in [1.82, 2.24) is 4.98 Å². The Kier molecular flexibility index (Phi) is 4.46. The van der Waals surface area contributed by atoms with E-state index < -0.39 is 0 Å². The number of aromatic nitrogens is 1. The van der Waals surface area contributed by atoms with Crippen LogP contribution in [0.5, 0.6) is 5.75 Å². The molecule has 1 heterocycles. The maximum atomic E-state index is 12.0. The summed E-state index contributed by atoms with van der Waals surface area (Å²) >= 11 is 3.62. The number of aromatic amines is 1. The van der Waals surface area contributed by atoms with Gasteiger partial charge in [-0.1, -0.05) is 58.4 Å². The predicted molar refractivity (Wildman–Crippen MR) is 110 cm³/mol. The second-order valence-electron chi connectivity index (χ2n) is 6.17. The molecule has 0 spiro atoms. The first kappa shape index (κ1) is 17.4. The van der Waals surface area contributed by atoms with E-state index >= 15 is 0 Å². The van der Waals surface area contributed by atoms with Crippen molar-refractivity contribution in [3.8, 4) is 28.0 Å². The molecule has 27 heavy (non-hydrogen) atoms. The molecule has 4 aromatic rings. The van der Waals surface area contributed by atoms with E-state index in [2.05, 4.69) is 20.9 Å². The highest BCUT2D eigenvalue weighted by molar-refractivity contribution is 9.10. The fourth-order valence-electron chi connectivity index (χ4n) is 3.19. The zero-order chi connectivity index (χ0) is 19.0. The molecule has 0 saturated heterocycles. The Labute approximate surface area is 164 Å². The van der Waals surface area contributed by atoms with Crippen LogP contribution in [0.25, 0.3) is 33.2 Å². The maximum absolute atomic E-state index is 12.0. The van der Waals surface area contributed by atoms with Crippen LogP contribution in [0.1, 0.15) is 10.4 Å². The van der Waals surface area contributed by atoms with Crippen molar-refractivity contribution in [3.05, 3.63) is 76.9 Å². The van der Waals surface area contributed by atoms with Crippen LogP contribution in [-0.4, -0.2) is 23.2 Å². The van der Waals surface area contributed by atoms with Gasteiger partial charge in [0.2, 0.25) is 0 Å². The Morgan fingerprint density at radius 3 is 2.33 bits per heavy atom. The van der Waals surface area contributed by atoms with Gasteiger partial charge in [-0.3, -0.25) is 0 Å². The Morgan fingerprint density at radius 2 is 1.67 bits per heavy atom.